The number of nitrogens with one attached hydrogen (secondary N) is 3. The maximum atomic E-state index is 12.9. The number of aromatic nitrogens is 2. The largest absolute Gasteiger partial charge is 0.358 e. The first-order valence-electron chi connectivity index (χ1n) is 9.34. The van der Waals surface area contributed by atoms with Gasteiger partial charge in [0, 0.05) is 51.5 Å². The van der Waals surface area contributed by atoms with Crippen molar-refractivity contribution in [1.29, 1.82) is 0 Å². The smallest absolute Gasteiger partial charge is 0.256 e. The first-order valence-corrected chi connectivity index (χ1v) is 9.34. The van der Waals surface area contributed by atoms with E-state index in [4.69, 9.17) is 0 Å². The van der Waals surface area contributed by atoms with Crippen molar-refractivity contribution in [1.82, 2.24) is 20.2 Å². The molecule has 0 atom stereocenters. The Kier molecular flexibility index (Phi) is 4.64. The number of fused-ring (bicyclic) bond motifs is 2. The standard InChI is InChI=1S/C20H24N6O2/c1-12-8-15-16(23-12)9-14-13-10-18(22-11-17(13)24-19(14)27)25(2)6-4-21-5-7-26(3)20(15)28/h8-11,21,23H,4-7H2,1-3H3,(H,24,27)/b14-9-. The quantitative estimate of drug-likeness (QED) is 0.641. The van der Waals surface area contributed by atoms with Gasteiger partial charge >= 0.3 is 0 Å². The van der Waals surface area contributed by atoms with Gasteiger partial charge in [-0.25, -0.2) is 4.98 Å². The second-order valence-electron chi connectivity index (χ2n) is 7.28. The van der Waals surface area contributed by atoms with Crippen molar-refractivity contribution in [3.8, 4) is 0 Å². The summed E-state index contributed by atoms with van der Waals surface area (Å²) in [6.07, 6.45) is 3.45. The summed E-state index contributed by atoms with van der Waals surface area (Å²) in [5.41, 5.74) is 4.08. The van der Waals surface area contributed by atoms with Gasteiger partial charge in [-0.3, -0.25) is 9.59 Å². The predicted octanol–water partition coefficient (Wildman–Crippen LogP) is 1.32. The van der Waals surface area contributed by atoms with Crippen molar-refractivity contribution in [2.24, 2.45) is 0 Å². The topological polar surface area (TPSA) is 93.4 Å². The van der Waals surface area contributed by atoms with E-state index in [0.717, 1.165) is 30.2 Å². The maximum Gasteiger partial charge on any atom is 0.256 e. The maximum absolute atomic E-state index is 12.9. The molecule has 2 aromatic rings. The Hall–Kier alpha value is -3.13. The molecule has 2 aliphatic heterocycles. The zero-order chi connectivity index (χ0) is 19.8. The van der Waals surface area contributed by atoms with Crippen molar-refractivity contribution >= 4 is 35.0 Å². The Bertz CT molecular complexity index is 977. The monoisotopic (exact) mass is 380 g/mol. The van der Waals surface area contributed by atoms with Crippen molar-refractivity contribution in [2.45, 2.75) is 6.92 Å². The SMILES string of the molecule is Cc1cc2c([nH]1)/C=C1\C(=O)Nc3cnc(cc31)N(C)CCNCCN(C)C2=O. The van der Waals surface area contributed by atoms with Crippen molar-refractivity contribution in [3.63, 3.8) is 0 Å². The number of anilines is 2. The van der Waals surface area contributed by atoms with Crippen molar-refractivity contribution in [3.05, 3.63) is 40.8 Å². The minimum atomic E-state index is -0.193. The third-order valence-corrected chi connectivity index (χ3v) is 5.16. The molecule has 0 radical (unpaired) electrons. The zero-order valence-electron chi connectivity index (χ0n) is 16.3. The van der Waals surface area contributed by atoms with Crippen LogP contribution >= 0.6 is 0 Å². The number of hydrogen-bond acceptors (Lipinski definition) is 5. The second kappa shape index (κ2) is 7.12. The molecule has 2 amide bonds. The number of amides is 2. The van der Waals surface area contributed by atoms with E-state index >= 15 is 0 Å². The number of H-pyrrole nitrogens is 1. The van der Waals surface area contributed by atoms with E-state index in [-0.39, 0.29) is 11.8 Å². The number of hydrogen-bond donors (Lipinski definition) is 3. The van der Waals surface area contributed by atoms with Crippen LogP contribution in [0.25, 0.3) is 11.6 Å². The molecule has 2 aromatic heterocycles. The highest BCUT2D eigenvalue weighted by molar-refractivity contribution is 6.35. The van der Waals surface area contributed by atoms with Gasteiger partial charge < -0.3 is 25.4 Å². The molecule has 2 aliphatic rings. The lowest BCUT2D eigenvalue weighted by molar-refractivity contribution is -0.110. The highest BCUT2D eigenvalue weighted by Gasteiger charge is 2.27. The van der Waals surface area contributed by atoms with Crippen LogP contribution < -0.4 is 15.5 Å². The van der Waals surface area contributed by atoms with Gasteiger partial charge in [-0.05, 0) is 25.1 Å². The zero-order valence-corrected chi connectivity index (χ0v) is 16.3. The normalized spacial score (nSPS) is 19.5. The van der Waals surface area contributed by atoms with E-state index in [1.54, 1.807) is 24.2 Å². The molecule has 3 N–H and O–H groups in total. The Morgan fingerprint density at radius 3 is 2.57 bits per heavy atom. The highest BCUT2D eigenvalue weighted by Crippen LogP contribution is 2.35. The average Bonchev–Trinajstić information content (AvgIpc) is 3.19. The summed E-state index contributed by atoms with van der Waals surface area (Å²) in [5, 5.41) is 6.22. The number of rotatable bonds is 0. The lowest BCUT2D eigenvalue weighted by Crippen LogP contribution is -2.36. The van der Waals surface area contributed by atoms with Crippen LogP contribution in [0.1, 0.15) is 27.3 Å². The lowest BCUT2D eigenvalue weighted by atomic mass is 10.1. The fraction of sp³-hybridized carbons (Fsp3) is 0.350. The van der Waals surface area contributed by atoms with E-state index in [2.05, 4.69) is 20.6 Å². The molecule has 8 heteroatoms. The van der Waals surface area contributed by atoms with Gasteiger partial charge in [0.25, 0.3) is 11.8 Å². The second-order valence-corrected chi connectivity index (χ2v) is 7.28. The number of aromatic amines is 1. The van der Waals surface area contributed by atoms with Gasteiger partial charge in [-0.2, -0.15) is 0 Å². The third kappa shape index (κ3) is 3.27. The molecule has 0 fully saturated rings. The van der Waals surface area contributed by atoms with E-state index in [1.807, 2.05) is 31.0 Å². The van der Waals surface area contributed by atoms with Crippen LogP contribution in [0.15, 0.2) is 18.3 Å². The Morgan fingerprint density at radius 2 is 1.79 bits per heavy atom. The summed E-state index contributed by atoms with van der Waals surface area (Å²) in [4.78, 5) is 37.0. The van der Waals surface area contributed by atoms with E-state index in [9.17, 15) is 9.59 Å². The Labute approximate surface area is 163 Å². The van der Waals surface area contributed by atoms with Gasteiger partial charge in [0.2, 0.25) is 0 Å². The van der Waals surface area contributed by atoms with Crippen LogP contribution in [0.5, 0.6) is 0 Å². The van der Waals surface area contributed by atoms with Crippen LogP contribution in [0, 0.1) is 6.92 Å². The van der Waals surface area contributed by atoms with Gasteiger partial charge in [-0.15, -0.1) is 0 Å². The molecule has 0 aliphatic carbocycles. The van der Waals surface area contributed by atoms with Crippen molar-refractivity contribution < 1.29 is 9.59 Å². The molecular weight excluding hydrogens is 356 g/mol. The predicted molar refractivity (Wildman–Crippen MR) is 109 cm³/mol. The number of nitrogens with zero attached hydrogens (tertiary/aromatic N) is 3. The van der Waals surface area contributed by atoms with Crippen LogP contribution in [0.2, 0.25) is 0 Å². The summed E-state index contributed by atoms with van der Waals surface area (Å²) in [5.74, 6) is 0.537. The van der Waals surface area contributed by atoms with Crippen LogP contribution in [-0.2, 0) is 4.79 Å². The van der Waals surface area contributed by atoms with Gasteiger partial charge in [0.05, 0.1) is 28.7 Å². The minimum Gasteiger partial charge on any atom is -0.358 e. The number of carbonyl (C=O) groups is 2. The molecule has 4 rings (SSSR count). The molecule has 8 nitrogen and oxygen atoms in total. The molecule has 0 saturated carbocycles. The molecular formula is C20H24N6O2. The molecule has 0 aromatic carbocycles. The number of aryl methyl sites for hydroxylation is 1. The van der Waals surface area contributed by atoms with E-state index in [1.165, 1.54) is 0 Å². The summed E-state index contributed by atoms with van der Waals surface area (Å²) in [6, 6.07) is 3.75. The van der Waals surface area contributed by atoms with Gasteiger partial charge in [-0.1, -0.05) is 0 Å². The minimum absolute atomic E-state index is 0.0703. The molecule has 0 unspecified atom stereocenters. The fourth-order valence-corrected chi connectivity index (χ4v) is 3.52. The number of likely N-dealkylation sites (N-methyl/N-ethyl adjacent to an activating group) is 2. The third-order valence-electron chi connectivity index (χ3n) is 5.16. The average molecular weight is 380 g/mol. The van der Waals surface area contributed by atoms with Crippen LogP contribution in [0.3, 0.4) is 0 Å². The van der Waals surface area contributed by atoms with Gasteiger partial charge in [0.15, 0.2) is 0 Å². The van der Waals surface area contributed by atoms with Crippen LogP contribution in [-0.4, -0.2) is 67.0 Å². The van der Waals surface area contributed by atoms with Gasteiger partial charge in [0.1, 0.15) is 5.82 Å². The van der Waals surface area contributed by atoms with E-state index in [0.29, 0.717) is 35.6 Å². The fourth-order valence-electron chi connectivity index (χ4n) is 3.52. The lowest BCUT2D eigenvalue weighted by Gasteiger charge is -2.20. The first kappa shape index (κ1) is 18.2. The first-order chi connectivity index (χ1) is 13.4. The summed E-state index contributed by atoms with van der Waals surface area (Å²) in [7, 11) is 3.77. The Balaban J connectivity index is 1.85. The molecule has 28 heavy (non-hydrogen) atoms. The molecule has 146 valence electrons. The van der Waals surface area contributed by atoms with E-state index < -0.39 is 0 Å². The summed E-state index contributed by atoms with van der Waals surface area (Å²) < 4.78 is 0. The molecule has 2 bridgehead atoms. The Morgan fingerprint density at radius 1 is 1.04 bits per heavy atom. The van der Waals surface area contributed by atoms with Crippen LogP contribution in [0.4, 0.5) is 11.5 Å². The molecule has 4 heterocycles. The van der Waals surface area contributed by atoms with Crippen molar-refractivity contribution in [2.75, 3.05) is 50.5 Å². The summed E-state index contributed by atoms with van der Waals surface area (Å²) in [6.45, 7) is 4.74. The number of carbonyl (C=O) groups excluding carboxylic acids is 2. The highest BCUT2D eigenvalue weighted by atomic mass is 16.2. The number of pyridine rings is 1. The summed E-state index contributed by atoms with van der Waals surface area (Å²) >= 11 is 0. The molecule has 0 saturated heterocycles. The molecule has 0 spiro atoms.